The fourth-order valence-corrected chi connectivity index (χ4v) is 2.14. The van der Waals surface area contributed by atoms with E-state index in [-0.39, 0.29) is 18.1 Å². The minimum atomic E-state index is -0.480. The van der Waals surface area contributed by atoms with Crippen LogP contribution in [0.1, 0.15) is 41.0 Å². The highest BCUT2D eigenvalue weighted by Crippen LogP contribution is 2.26. The first-order chi connectivity index (χ1) is 7.22. The van der Waals surface area contributed by atoms with Gasteiger partial charge in [-0.05, 0) is 33.1 Å². The van der Waals surface area contributed by atoms with Crippen LogP contribution in [0.2, 0.25) is 0 Å². The van der Waals surface area contributed by atoms with Crippen molar-refractivity contribution in [2.45, 2.75) is 58.8 Å². The lowest BCUT2D eigenvalue weighted by Gasteiger charge is -2.31. The molecule has 1 aliphatic heterocycles. The van der Waals surface area contributed by atoms with Crippen LogP contribution in [0.3, 0.4) is 0 Å². The van der Waals surface area contributed by atoms with Crippen molar-refractivity contribution in [1.82, 2.24) is 4.90 Å². The Hall–Kier alpha value is -0.770. The van der Waals surface area contributed by atoms with E-state index in [2.05, 4.69) is 0 Å². The fourth-order valence-electron chi connectivity index (χ4n) is 2.14. The molecule has 0 aliphatic carbocycles. The molecule has 4 heteroatoms. The molecule has 0 bridgehead atoms. The van der Waals surface area contributed by atoms with Crippen LogP contribution in [0, 0.1) is 5.92 Å². The molecule has 0 spiro atoms. The normalized spacial score (nSPS) is 26.3. The minimum Gasteiger partial charge on any atom is -0.444 e. The molecule has 1 rings (SSSR count). The number of amides is 1. The smallest absolute Gasteiger partial charge is 0.410 e. The fraction of sp³-hybridized carbons (Fsp3) is 0.917. The van der Waals surface area contributed by atoms with E-state index in [9.17, 15) is 9.90 Å². The third-order valence-corrected chi connectivity index (χ3v) is 2.73. The van der Waals surface area contributed by atoms with Crippen molar-refractivity contribution in [3.63, 3.8) is 0 Å². The third kappa shape index (κ3) is 3.11. The van der Waals surface area contributed by atoms with Crippen molar-refractivity contribution in [2.24, 2.45) is 5.92 Å². The van der Waals surface area contributed by atoms with Gasteiger partial charge in [0, 0.05) is 6.54 Å². The van der Waals surface area contributed by atoms with E-state index in [4.69, 9.17) is 4.74 Å². The quantitative estimate of drug-likeness (QED) is 0.748. The second kappa shape index (κ2) is 4.62. The van der Waals surface area contributed by atoms with Gasteiger partial charge in [-0.2, -0.15) is 0 Å². The van der Waals surface area contributed by atoms with Crippen molar-refractivity contribution >= 4 is 6.09 Å². The molecule has 0 aromatic heterocycles. The van der Waals surface area contributed by atoms with E-state index in [1.54, 1.807) is 4.90 Å². The maximum atomic E-state index is 11.9. The molecule has 1 aliphatic rings. The molecule has 1 fully saturated rings. The van der Waals surface area contributed by atoms with Crippen LogP contribution < -0.4 is 0 Å². The maximum Gasteiger partial charge on any atom is 0.410 e. The summed E-state index contributed by atoms with van der Waals surface area (Å²) in [6.45, 7) is 10.2. The predicted octanol–water partition coefficient (Wildman–Crippen LogP) is 2.01. The zero-order valence-electron chi connectivity index (χ0n) is 10.9. The molecule has 0 radical (unpaired) electrons. The van der Waals surface area contributed by atoms with E-state index in [0.29, 0.717) is 13.0 Å². The molecular weight excluding hydrogens is 206 g/mol. The monoisotopic (exact) mass is 229 g/mol. The lowest BCUT2D eigenvalue weighted by molar-refractivity contribution is 0.00892. The minimum absolute atomic E-state index is 0.116. The number of carbonyl (C=O) groups is 1. The number of hydrogen-bond donors (Lipinski definition) is 1. The summed E-state index contributed by atoms with van der Waals surface area (Å²) in [6, 6.07) is -0.116. The molecular formula is C12H23NO3. The zero-order chi connectivity index (χ0) is 12.5. The topological polar surface area (TPSA) is 49.8 Å². The van der Waals surface area contributed by atoms with E-state index < -0.39 is 11.7 Å². The van der Waals surface area contributed by atoms with Gasteiger partial charge in [0.25, 0.3) is 0 Å². The Balaban J connectivity index is 2.69. The van der Waals surface area contributed by atoms with Gasteiger partial charge in [0.05, 0.1) is 12.1 Å². The Morgan fingerprint density at radius 1 is 1.44 bits per heavy atom. The van der Waals surface area contributed by atoms with Crippen molar-refractivity contribution < 1.29 is 14.6 Å². The molecule has 0 saturated carbocycles. The lowest BCUT2D eigenvalue weighted by Crippen LogP contribution is -2.45. The molecule has 1 heterocycles. The molecule has 4 nitrogen and oxygen atoms in total. The van der Waals surface area contributed by atoms with Crippen LogP contribution in [0.25, 0.3) is 0 Å². The average Bonchev–Trinajstić information content (AvgIpc) is 2.43. The molecule has 1 N–H and O–H groups in total. The summed E-state index contributed by atoms with van der Waals surface area (Å²) in [6.07, 6.45) is -0.0995. The van der Waals surface area contributed by atoms with Gasteiger partial charge in [-0.25, -0.2) is 4.79 Å². The number of hydrogen-bond acceptors (Lipinski definition) is 3. The molecule has 2 unspecified atom stereocenters. The van der Waals surface area contributed by atoms with Crippen LogP contribution in [-0.4, -0.2) is 40.4 Å². The Labute approximate surface area is 97.6 Å². The number of aliphatic hydroxyl groups excluding tert-OH is 1. The molecule has 16 heavy (non-hydrogen) atoms. The van der Waals surface area contributed by atoms with Gasteiger partial charge in [0.1, 0.15) is 5.60 Å². The number of likely N-dealkylation sites (tertiary alicyclic amines) is 1. The molecule has 2 atom stereocenters. The molecule has 0 aromatic rings. The van der Waals surface area contributed by atoms with Crippen molar-refractivity contribution in [1.29, 1.82) is 0 Å². The number of carbonyl (C=O) groups excluding carboxylic acids is 1. The van der Waals surface area contributed by atoms with Gasteiger partial charge in [-0.15, -0.1) is 0 Å². The highest BCUT2D eigenvalue weighted by atomic mass is 16.6. The first-order valence-corrected chi connectivity index (χ1v) is 5.90. The third-order valence-electron chi connectivity index (χ3n) is 2.73. The summed E-state index contributed by atoms with van der Waals surface area (Å²) in [5, 5.41) is 9.83. The van der Waals surface area contributed by atoms with E-state index in [1.165, 1.54) is 0 Å². The van der Waals surface area contributed by atoms with Gasteiger partial charge in [-0.1, -0.05) is 13.8 Å². The standard InChI is InChI=1S/C12H23NO3/c1-8(2)10-9(14)6-7-13(10)11(15)16-12(3,4)5/h8-10,14H,6-7H2,1-5H3. The molecule has 94 valence electrons. The van der Waals surface area contributed by atoms with E-state index >= 15 is 0 Å². The summed E-state index contributed by atoms with van der Waals surface area (Å²) in [5.41, 5.74) is -0.480. The summed E-state index contributed by atoms with van der Waals surface area (Å²) in [4.78, 5) is 13.6. The second-order valence-corrected chi connectivity index (χ2v) is 5.76. The Kier molecular flexibility index (Phi) is 3.84. The first kappa shape index (κ1) is 13.3. The van der Waals surface area contributed by atoms with Gasteiger partial charge in [0.15, 0.2) is 0 Å². The van der Waals surface area contributed by atoms with E-state index in [1.807, 2.05) is 34.6 Å². The summed E-state index contributed by atoms with van der Waals surface area (Å²) >= 11 is 0. The maximum absolute atomic E-state index is 11.9. The predicted molar refractivity (Wildman–Crippen MR) is 62.2 cm³/mol. The SMILES string of the molecule is CC(C)C1C(O)CCN1C(=O)OC(C)(C)C. The van der Waals surface area contributed by atoms with Crippen LogP contribution in [0.4, 0.5) is 4.79 Å². The number of rotatable bonds is 1. The van der Waals surface area contributed by atoms with Crippen LogP contribution >= 0.6 is 0 Å². The van der Waals surface area contributed by atoms with Gasteiger partial charge in [-0.3, -0.25) is 0 Å². The van der Waals surface area contributed by atoms with Gasteiger partial charge in [0.2, 0.25) is 0 Å². The second-order valence-electron chi connectivity index (χ2n) is 5.76. The summed E-state index contributed by atoms with van der Waals surface area (Å²) in [5.74, 6) is 0.241. The Morgan fingerprint density at radius 2 is 2.00 bits per heavy atom. The number of nitrogens with zero attached hydrogens (tertiary/aromatic N) is 1. The van der Waals surface area contributed by atoms with Crippen molar-refractivity contribution in [2.75, 3.05) is 6.54 Å². The van der Waals surface area contributed by atoms with Crippen molar-refractivity contribution in [3.8, 4) is 0 Å². The largest absolute Gasteiger partial charge is 0.444 e. The average molecular weight is 229 g/mol. The first-order valence-electron chi connectivity index (χ1n) is 5.90. The number of aliphatic hydroxyl groups is 1. The van der Waals surface area contributed by atoms with Gasteiger partial charge >= 0.3 is 6.09 Å². The molecule has 1 saturated heterocycles. The summed E-state index contributed by atoms with van der Waals surface area (Å²) < 4.78 is 5.33. The zero-order valence-corrected chi connectivity index (χ0v) is 10.9. The summed E-state index contributed by atoms with van der Waals surface area (Å²) in [7, 11) is 0. The van der Waals surface area contributed by atoms with Crippen molar-refractivity contribution in [3.05, 3.63) is 0 Å². The molecule has 1 amide bonds. The van der Waals surface area contributed by atoms with E-state index in [0.717, 1.165) is 0 Å². The Morgan fingerprint density at radius 3 is 2.44 bits per heavy atom. The van der Waals surface area contributed by atoms with Crippen LogP contribution in [0.15, 0.2) is 0 Å². The van der Waals surface area contributed by atoms with Crippen LogP contribution in [-0.2, 0) is 4.74 Å². The lowest BCUT2D eigenvalue weighted by atomic mass is 10.00. The van der Waals surface area contributed by atoms with Crippen LogP contribution in [0.5, 0.6) is 0 Å². The molecule has 0 aromatic carbocycles. The highest BCUT2D eigenvalue weighted by molar-refractivity contribution is 5.69. The Bertz CT molecular complexity index is 257. The number of ether oxygens (including phenoxy) is 1. The highest BCUT2D eigenvalue weighted by Gasteiger charge is 2.39. The van der Waals surface area contributed by atoms with Gasteiger partial charge < -0.3 is 14.7 Å².